The van der Waals surface area contributed by atoms with Crippen LogP contribution in [-0.2, 0) is 9.59 Å². The zero-order valence-corrected chi connectivity index (χ0v) is 11.5. The van der Waals surface area contributed by atoms with Gasteiger partial charge in [0.05, 0.1) is 6.54 Å². The molecule has 1 heterocycles. The predicted octanol–water partition coefficient (Wildman–Crippen LogP) is 1.84. The number of likely N-dealkylation sites (tertiary alicyclic amines) is 1. The van der Waals surface area contributed by atoms with Gasteiger partial charge in [0.1, 0.15) is 0 Å². The van der Waals surface area contributed by atoms with Crippen molar-refractivity contribution in [3.63, 3.8) is 0 Å². The molecule has 1 aromatic carbocycles. The number of amides is 2. The van der Waals surface area contributed by atoms with Gasteiger partial charge in [0, 0.05) is 24.2 Å². The molecular formula is C15H18N2O3. The number of hydrogen-bond acceptors (Lipinski definition) is 3. The van der Waals surface area contributed by atoms with Crippen molar-refractivity contribution in [2.24, 2.45) is 0 Å². The van der Waals surface area contributed by atoms with E-state index in [9.17, 15) is 14.4 Å². The van der Waals surface area contributed by atoms with Gasteiger partial charge in [0.25, 0.3) is 0 Å². The molecule has 1 aliphatic rings. The first kappa shape index (κ1) is 14.2. The van der Waals surface area contributed by atoms with E-state index in [-0.39, 0.29) is 24.1 Å². The number of carbonyl (C=O) groups is 3. The van der Waals surface area contributed by atoms with Gasteiger partial charge in [-0.3, -0.25) is 14.4 Å². The lowest BCUT2D eigenvalue weighted by Gasteiger charge is -2.25. The normalized spacial score (nSPS) is 15.1. The summed E-state index contributed by atoms with van der Waals surface area (Å²) in [6.07, 6.45) is 2.36. The molecule has 5 nitrogen and oxygen atoms in total. The molecule has 0 unspecified atom stereocenters. The first-order chi connectivity index (χ1) is 9.56. The minimum Gasteiger partial charge on any atom is -0.333 e. The predicted molar refractivity (Wildman–Crippen MR) is 75.5 cm³/mol. The summed E-state index contributed by atoms with van der Waals surface area (Å²) >= 11 is 0. The summed E-state index contributed by atoms with van der Waals surface area (Å²) in [5.41, 5.74) is 1.13. The van der Waals surface area contributed by atoms with Crippen molar-refractivity contribution >= 4 is 23.3 Å². The Hall–Kier alpha value is -2.17. The van der Waals surface area contributed by atoms with Gasteiger partial charge in [0.2, 0.25) is 11.8 Å². The Labute approximate surface area is 118 Å². The van der Waals surface area contributed by atoms with Gasteiger partial charge in [-0.05, 0) is 31.9 Å². The maximum absolute atomic E-state index is 11.9. The van der Waals surface area contributed by atoms with Crippen molar-refractivity contribution in [2.45, 2.75) is 26.2 Å². The Bertz CT molecular complexity index is 540. The molecule has 20 heavy (non-hydrogen) atoms. The van der Waals surface area contributed by atoms with Crippen LogP contribution in [-0.4, -0.2) is 35.6 Å². The van der Waals surface area contributed by atoms with Gasteiger partial charge in [-0.1, -0.05) is 12.1 Å². The molecule has 1 N–H and O–H groups in total. The Kier molecular flexibility index (Phi) is 4.50. The van der Waals surface area contributed by atoms with E-state index < -0.39 is 0 Å². The van der Waals surface area contributed by atoms with E-state index in [1.54, 1.807) is 29.2 Å². The number of piperidine rings is 1. The average molecular weight is 274 g/mol. The second-order valence-electron chi connectivity index (χ2n) is 4.96. The summed E-state index contributed by atoms with van der Waals surface area (Å²) in [5.74, 6) is -0.253. The van der Waals surface area contributed by atoms with Gasteiger partial charge < -0.3 is 10.2 Å². The van der Waals surface area contributed by atoms with E-state index >= 15 is 0 Å². The number of anilines is 1. The SMILES string of the molecule is CC(=O)c1cccc(NC(=O)CN2CCCCC2=O)c1. The third-order valence-corrected chi connectivity index (χ3v) is 3.31. The Morgan fingerprint density at radius 1 is 1.30 bits per heavy atom. The minimum atomic E-state index is -0.235. The molecule has 5 heteroatoms. The maximum Gasteiger partial charge on any atom is 0.243 e. The highest BCUT2D eigenvalue weighted by atomic mass is 16.2. The van der Waals surface area contributed by atoms with Crippen molar-refractivity contribution in [3.8, 4) is 0 Å². The van der Waals surface area contributed by atoms with Crippen LogP contribution in [0.2, 0.25) is 0 Å². The fourth-order valence-corrected chi connectivity index (χ4v) is 2.22. The molecule has 0 aliphatic carbocycles. The second kappa shape index (κ2) is 6.32. The monoisotopic (exact) mass is 274 g/mol. The Morgan fingerprint density at radius 2 is 2.10 bits per heavy atom. The first-order valence-electron chi connectivity index (χ1n) is 6.75. The van der Waals surface area contributed by atoms with E-state index in [1.165, 1.54) is 6.92 Å². The van der Waals surface area contributed by atoms with Crippen molar-refractivity contribution in [1.29, 1.82) is 0 Å². The zero-order valence-electron chi connectivity index (χ0n) is 11.5. The number of benzene rings is 1. The standard InChI is InChI=1S/C15H18N2O3/c1-11(18)12-5-4-6-13(9-12)16-14(19)10-17-8-3-2-7-15(17)20/h4-6,9H,2-3,7-8,10H2,1H3,(H,16,19). The molecule has 0 radical (unpaired) electrons. The van der Waals surface area contributed by atoms with Crippen LogP contribution in [0, 0.1) is 0 Å². The quantitative estimate of drug-likeness (QED) is 0.852. The van der Waals surface area contributed by atoms with Gasteiger partial charge in [0.15, 0.2) is 5.78 Å². The minimum absolute atomic E-state index is 0.0314. The molecule has 0 atom stereocenters. The molecule has 1 aliphatic heterocycles. The smallest absolute Gasteiger partial charge is 0.243 e. The number of nitrogens with one attached hydrogen (secondary N) is 1. The molecular weight excluding hydrogens is 256 g/mol. The van der Waals surface area contributed by atoms with Gasteiger partial charge in [-0.2, -0.15) is 0 Å². The Morgan fingerprint density at radius 3 is 2.80 bits per heavy atom. The zero-order chi connectivity index (χ0) is 14.5. The van der Waals surface area contributed by atoms with Gasteiger partial charge in [-0.15, -0.1) is 0 Å². The molecule has 1 saturated heterocycles. The molecule has 0 bridgehead atoms. The number of nitrogens with zero attached hydrogens (tertiary/aromatic N) is 1. The maximum atomic E-state index is 11.9. The molecule has 1 fully saturated rings. The molecule has 1 aromatic rings. The van der Waals surface area contributed by atoms with Crippen LogP contribution in [0.5, 0.6) is 0 Å². The highest BCUT2D eigenvalue weighted by Gasteiger charge is 2.20. The number of carbonyl (C=O) groups excluding carboxylic acids is 3. The summed E-state index contributed by atoms with van der Waals surface area (Å²) in [5, 5.41) is 2.72. The molecule has 0 aromatic heterocycles. The lowest BCUT2D eigenvalue weighted by molar-refractivity contribution is -0.136. The van der Waals surface area contributed by atoms with Crippen LogP contribution in [0.4, 0.5) is 5.69 Å². The van der Waals surface area contributed by atoms with Crippen molar-refractivity contribution in [1.82, 2.24) is 4.90 Å². The van der Waals surface area contributed by atoms with Crippen molar-refractivity contribution in [2.75, 3.05) is 18.4 Å². The van der Waals surface area contributed by atoms with Gasteiger partial charge in [-0.25, -0.2) is 0 Å². The van der Waals surface area contributed by atoms with Crippen LogP contribution >= 0.6 is 0 Å². The fourth-order valence-electron chi connectivity index (χ4n) is 2.22. The molecule has 2 amide bonds. The third kappa shape index (κ3) is 3.66. The number of Topliss-reactive ketones (excluding diaryl/α,β-unsaturated/α-hetero) is 1. The van der Waals surface area contributed by atoms with Crippen LogP contribution < -0.4 is 5.32 Å². The summed E-state index contributed by atoms with van der Waals surface area (Å²) in [6, 6.07) is 6.78. The fraction of sp³-hybridized carbons (Fsp3) is 0.400. The van der Waals surface area contributed by atoms with Crippen molar-refractivity contribution < 1.29 is 14.4 Å². The first-order valence-corrected chi connectivity index (χ1v) is 6.75. The van der Waals surface area contributed by atoms with E-state index in [0.717, 1.165) is 12.8 Å². The van der Waals surface area contributed by atoms with E-state index in [0.29, 0.717) is 24.2 Å². The summed E-state index contributed by atoms with van der Waals surface area (Å²) < 4.78 is 0. The summed E-state index contributed by atoms with van der Waals surface area (Å²) in [6.45, 7) is 2.19. The van der Waals surface area contributed by atoms with Gasteiger partial charge >= 0.3 is 0 Å². The summed E-state index contributed by atoms with van der Waals surface area (Å²) in [7, 11) is 0. The van der Waals surface area contributed by atoms with E-state index in [4.69, 9.17) is 0 Å². The van der Waals surface area contributed by atoms with Crippen LogP contribution in [0.15, 0.2) is 24.3 Å². The number of rotatable bonds is 4. The lowest BCUT2D eigenvalue weighted by Crippen LogP contribution is -2.40. The average Bonchev–Trinajstić information content (AvgIpc) is 2.41. The molecule has 106 valence electrons. The number of ketones is 1. The Balaban J connectivity index is 1.95. The van der Waals surface area contributed by atoms with E-state index in [1.807, 2.05) is 0 Å². The summed E-state index contributed by atoms with van der Waals surface area (Å²) in [4.78, 5) is 36.4. The van der Waals surface area contributed by atoms with Crippen LogP contribution in [0.1, 0.15) is 36.5 Å². The molecule has 0 saturated carbocycles. The van der Waals surface area contributed by atoms with Crippen molar-refractivity contribution in [3.05, 3.63) is 29.8 Å². The largest absolute Gasteiger partial charge is 0.333 e. The van der Waals surface area contributed by atoms with E-state index in [2.05, 4.69) is 5.32 Å². The molecule has 2 rings (SSSR count). The molecule has 0 spiro atoms. The second-order valence-corrected chi connectivity index (χ2v) is 4.96. The topological polar surface area (TPSA) is 66.5 Å². The third-order valence-electron chi connectivity index (χ3n) is 3.31. The lowest BCUT2D eigenvalue weighted by atomic mass is 10.1. The van der Waals surface area contributed by atoms with Crippen LogP contribution in [0.3, 0.4) is 0 Å². The number of hydrogen-bond donors (Lipinski definition) is 1. The highest BCUT2D eigenvalue weighted by Crippen LogP contribution is 2.13. The van der Waals surface area contributed by atoms with Crippen LogP contribution in [0.25, 0.3) is 0 Å². The highest BCUT2D eigenvalue weighted by molar-refractivity contribution is 5.98.